The van der Waals surface area contributed by atoms with E-state index < -0.39 is 24.4 Å². The van der Waals surface area contributed by atoms with Gasteiger partial charge in [0.05, 0.1) is 6.61 Å². The van der Waals surface area contributed by atoms with E-state index in [9.17, 15) is 10.2 Å². The molecule has 1 fully saturated rings. The van der Waals surface area contributed by atoms with Gasteiger partial charge in [0.2, 0.25) is 0 Å². The minimum atomic E-state index is -0.938. The van der Waals surface area contributed by atoms with Crippen molar-refractivity contribution in [3.63, 3.8) is 0 Å². The van der Waals surface area contributed by atoms with Gasteiger partial charge in [-0.2, -0.15) is 0 Å². The number of fused-ring (bicyclic) bond motifs is 1. The summed E-state index contributed by atoms with van der Waals surface area (Å²) in [6.45, 7) is 2.35. The lowest BCUT2D eigenvalue weighted by molar-refractivity contribution is -0.0340. The van der Waals surface area contributed by atoms with Crippen LogP contribution in [0.25, 0.3) is 10.8 Å². The predicted molar refractivity (Wildman–Crippen MR) is 84.8 cm³/mol. The van der Waals surface area contributed by atoms with Gasteiger partial charge >= 0.3 is 0 Å². The summed E-state index contributed by atoms with van der Waals surface area (Å²) >= 11 is 0. The van der Waals surface area contributed by atoms with Gasteiger partial charge in [0.1, 0.15) is 24.4 Å². The summed E-state index contributed by atoms with van der Waals surface area (Å²) in [5.74, 6) is 0. The highest BCUT2D eigenvalue weighted by molar-refractivity contribution is 5.84. The fraction of sp³-hybridized carbons (Fsp3) is 0.444. The summed E-state index contributed by atoms with van der Waals surface area (Å²) < 4.78 is 10.9. The number of aryl methyl sites for hydroxylation is 1. The van der Waals surface area contributed by atoms with E-state index in [0.29, 0.717) is 0 Å². The second-order valence-electron chi connectivity index (χ2n) is 5.78. The van der Waals surface area contributed by atoms with Crippen LogP contribution in [0.15, 0.2) is 36.4 Å². The van der Waals surface area contributed by atoms with Gasteiger partial charge in [0.15, 0.2) is 0 Å². The Labute approximate surface area is 130 Å². The van der Waals surface area contributed by atoms with Crippen LogP contribution in [-0.4, -0.2) is 42.2 Å². The average Bonchev–Trinajstić information content (AvgIpc) is 2.82. The third kappa shape index (κ3) is 2.63. The van der Waals surface area contributed by atoms with Crippen LogP contribution in [0.3, 0.4) is 0 Å². The normalized spacial score (nSPS) is 28.4. The van der Waals surface area contributed by atoms with Crippen LogP contribution in [0.5, 0.6) is 0 Å². The summed E-state index contributed by atoms with van der Waals surface area (Å²) in [6.07, 6.45) is -2.04. The number of benzene rings is 2. The average molecular weight is 302 g/mol. The second-order valence-corrected chi connectivity index (χ2v) is 5.78. The number of rotatable bonds is 4. The first-order chi connectivity index (χ1) is 10.7. The van der Waals surface area contributed by atoms with Gasteiger partial charge < -0.3 is 19.7 Å². The Balaban J connectivity index is 2.01. The molecule has 4 heteroatoms. The summed E-state index contributed by atoms with van der Waals surface area (Å²) in [7, 11) is 1.56. The van der Waals surface area contributed by atoms with E-state index in [-0.39, 0.29) is 6.61 Å². The molecule has 0 amide bonds. The molecule has 0 aliphatic carbocycles. The fourth-order valence-electron chi connectivity index (χ4n) is 3.18. The van der Waals surface area contributed by atoms with Crippen LogP contribution in [0.4, 0.5) is 0 Å². The molecule has 2 aromatic carbocycles. The molecule has 4 nitrogen and oxygen atoms in total. The van der Waals surface area contributed by atoms with Crippen LogP contribution in [0.2, 0.25) is 0 Å². The standard InChI is InChI=1S/C18H22O4/c1-3-11-8-12-6-4-5-7-13(12)9-14(11)18-17(20)16(19)15(22-18)10-21-2/h4-9,15-20H,3,10H2,1-2H3/t15-,16?,17?,18?/m1/s1. The number of aliphatic hydroxyl groups excluding tert-OH is 2. The van der Waals surface area contributed by atoms with Crippen molar-refractivity contribution in [2.24, 2.45) is 0 Å². The smallest absolute Gasteiger partial charge is 0.113 e. The van der Waals surface area contributed by atoms with Crippen molar-refractivity contribution in [2.75, 3.05) is 13.7 Å². The minimum absolute atomic E-state index is 0.268. The number of hydrogen-bond donors (Lipinski definition) is 2. The van der Waals surface area contributed by atoms with Gasteiger partial charge in [0.25, 0.3) is 0 Å². The second kappa shape index (κ2) is 6.34. The zero-order valence-corrected chi connectivity index (χ0v) is 12.9. The molecule has 3 unspecified atom stereocenters. The third-order valence-corrected chi connectivity index (χ3v) is 4.39. The number of aliphatic hydroxyl groups is 2. The lowest BCUT2D eigenvalue weighted by Gasteiger charge is -2.19. The largest absolute Gasteiger partial charge is 0.387 e. The number of hydrogen-bond acceptors (Lipinski definition) is 4. The van der Waals surface area contributed by atoms with Crippen molar-refractivity contribution in [3.8, 4) is 0 Å². The van der Waals surface area contributed by atoms with Crippen LogP contribution in [0, 0.1) is 0 Å². The van der Waals surface area contributed by atoms with Gasteiger partial charge in [-0.3, -0.25) is 0 Å². The molecule has 2 aromatic rings. The van der Waals surface area contributed by atoms with Crippen LogP contribution in [0.1, 0.15) is 24.2 Å². The van der Waals surface area contributed by atoms with Crippen molar-refractivity contribution >= 4 is 10.8 Å². The Bertz CT molecular complexity index is 655. The first-order valence-electron chi connectivity index (χ1n) is 7.67. The zero-order valence-electron chi connectivity index (χ0n) is 12.9. The Morgan fingerprint density at radius 3 is 2.41 bits per heavy atom. The summed E-state index contributed by atoms with van der Waals surface area (Å²) in [5, 5.41) is 22.8. The first kappa shape index (κ1) is 15.4. The van der Waals surface area contributed by atoms with E-state index >= 15 is 0 Å². The van der Waals surface area contributed by atoms with Gasteiger partial charge in [-0.15, -0.1) is 0 Å². The van der Waals surface area contributed by atoms with E-state index in [2.05, 4.69) is 25.1 Å². The van der Waals surface area contributed by atoms with Crippen LogP contribution >= 0.6 is 0 Å². The topological polar surface area (TPSA) is 58.9 Å². The third-order valence-electron chi connectivity index (χ3n) is 4.39. The highest BCUT2D eigenvalue weighted by Crippen LogP contribution is 2.37. The first-order valence-corrected chi connectivity index (χ1v) is 7.67. The molecule has 2 N–H and O–H groups in total. The summed E-state index contributed by atoms with van der Waals surface area (Å²) in [4.78, 5) is 0. The van der Waals surface area contributed by atoms with E-state index in [1.807, 2.05) is 18.2 Å². The minimum Gasteiger partial charge on any atom is -0.387 e. The van der Waals surface area contributed by atoms with Crippen molar-refractivity contribution in [3.05, 3.63) is 47.5 Å². The summed E-state index contributed by atoms with van der Waals surface area (Å²) in [5.41, 5.74) is 2.08. The molecule has 118 valence electrons. The van der Waals surface area contributed by atoms with E-state index in [0.717, 1.165) is 22.9 Å². The van der Waals surface area contributed by atoms with Gasteiger partial charge in [-0.25, -0.2) is 0 Å². The highest BCUT2D eigenvalue weighted by Gasteiger charge is 2.43. The van der Waals surface area contributed by atoms with Gasteiger partial charge in [0, 0.05) is 7.11 Å². The van der Waals surface area contributed by atoms with E-state index in [4.69, 9.17) is 9.47 Å². The van der Waals surface area contributed by atoms with Crippen molar-refractivity contribution in [2.45, 2.75) is 37.8 Å². The van der Waals surface area contributed by atoms with E-state index in [1.165, 1.54) is 5.39 Å². The van der Waals surface area contributed by atoms with Gasteiger partial charge in [-0.05, 0) is 34.4 Å². The summed E-state index contributed by atoms with van der Waals surface area (Å²) in [6, 6.07) is 12.3. The SMILES string of the molecule is CCc1cc2ccccc2cc1C1O[C@H](COC)C(O)C1O. The molecule has 3 rings (SSSR count). The van der Waals surface area contributed by atoms with Crippen molar-refractivity contribution in [1.29, 1.82) is 0 Å². The highest BCUT2D eigenvalue weighted by atomic mass is 16.6. The Kier molecular flexibility index (Phi) is 4.45. The molecule has 0 aromatic heterocycles. The Morgan fingerprint density at radius 2 is 1.77 bits per heavy atom. The Hall–Kier alpha value is -1.46. The molecule has 1 heterocycles. The molecule has 1 saturated heterocycles. The molecule has 4 atom stereocenters. The lowest BCUT2D eigenvalue weighted by atomic mass is 9.93. The maximum atomic E-state index is 10.4. The van der Waals surface area contributed by atoms with Crippen LogP contribution < -0.4 is 0 Å². The molecule has 0 spiro atoms. The molecule has 22 heavy (non-hydrogen) atoms. The molecule has 1 aliphatic heterocycles. The monoisotopic (exact) mass is 302 g/mol. The molecule has 0 saturated carbocycles. The predicted octanol–water partition coefficient (Wildman–Crippen LogP) is 2.21. The molecule has 0 radical (unpaired) electrons. The maximum absolute atomic E-state index is 10.4. The zero-order chi connectivity index (χ0) is 15.7. The Morgan fingerprint density at radius 1 is 1.09 bits per heavy atom. The van der Waals surface area contributed by atoms with Gasteiger partial charge in [-0.1, -0.05) is 37.3 Å². The molecular weight excluding hydrogens is 280 g/mol. The van der Waals surface area contributed by atoms with E-state index in [1.54, 1.807) is 7.11 Å². The fourth-order valence-corrected chi connectivity index (χ4v) is 3.18. The van der Waals surface area contributed by atoms with Crippen LogP contribution in [-0.2, 0) is 15.9 Å². The number of methoxy groups -OCH3 is 1. The maximum Gasteiger partial charge on any atom is 0.113 e. The van der Waals surface area contributed by atoms with Crippen molar-refractivity contribution in [1.82, 2.24) is 0 Å². The molecule has 0 bridgehead atoms. The van der Waals surface area contributed by atoms with Crippen molar-refractivity contribution < 1.29 is 19.7 Å². The lowest BCUT2D eigenvalue weighted by Crippen LogP contribution is -2.33. The molecular formula is C18H22O4. The molecule has 1 aliphatic rings. The number of ether oxygens (including phenoxy) is 2. The quantitative estimate of drug-likeness (QED) is 0.909.